The Balaban J connectivity index is 1.51. The maximum atomic E-state index is 12.7. The maximum Gasteiger partial charge on any atom is 0.261 e. The van der Waals surface area contributed by atoms with Crippen LogP contribution in [0.4, 0.5) is 0 Å². The summed E-state index contributed by atoms with van der Waals surface area (Å²) in [7, 11) is 0. The molecule has 0 atom stereocenters. The van der Waals surface area contributed by atoms with Crippen molar-refractivity contribution in [2.75, 3.05) is 32.7 Å². The van der Waals surface area contributed by atoms with Crippen LogP contribution >= 0.6 is 0 Å². The minimum Gasteiger partial charge on any atom is -0.336 e. The standard InChI is InChI=1S/C21H21N3O3/c25-19(23-12-9-22-10-13-23)16-6-7-17-18(14-16)21(27)24(20(17)26)11-8-15-4-2-1-3-5-15/h1-7,14,22H,8-13H2. The topological polar surface area (TPSA) is 69.7 Å². The molecule has 2 aromatic rings. The maximum absolute atomic E-state index is 12.7. The van der Waals surface area contributed by atoms with Gasteiger partial charge >= 0.3 is 0 Å². The van der Waals surface area contributed by atoms with Crippen LogP contribution in [0, 0.1) is 0 Å². The highest BCUT2D eigenvalue weighted by Crippen LogP contribution is 2.25. The summed E-state index contributed by atoms with van der Waals surface area (Å²) in [6.07, 6.45) is 0.610. The monoisotopic (exact) mass is 363 g/mol. The van der Waals surface area contributed by atoms with Crippen molar-refractivity contribution < 1.29 is 14.4 Å². The van der Waals surface area contributed by atoms with E-state index in [-0.39, 0.29) is 17.7 Å². The molecule has 3 amide bonds. The third-order valence-electron chi connectivity index (χ3n) is 5.09. The van der Waals surface area contributed by atoms with E-state index in [0.29, 0.717) is 42.7 Å². The summed E-state index contributed by atoms with van der Waals surface area (Å²) >= 11 is 0. The molecule has 0 radical (unpaired) electrons. The number of amides is 3. The zero-order chi connectivity index (χ0) is 18.8. The zero-order valence-corrected chi connectivity index (χ0v) is 15.0. The predicted molar refractivity (Wildman–Crippen MR) is 101 cm³/mol. The molecule has 0 saturated carbocycles. The highest BCUT2D eigenvalue weighted by atomic mass is 16.2. The van der Waals surface area contributed by atoms with E-state index >= 15 is 0 Å². The summed E-state index contributed by atoms with van der Waals surface area (Å²) in [6.45, 7) is 3.15. The third kappa shape index (κ3) is 3.36. The summed E-state index contributed by atoms with van der Waals surface area (Å²) in [5, 5.41) is 3.21. The van der Waals surface area contributed by atoms with Crippen LogP contribution in [-0.2, 0) is 6.42 Å². The molecule has 2 aliphatic heterocycles. The Kier molecular flexibility index (Phi) is 4.73. The molecular formula is C21H21N3O3. The van der Waals surface area contributed by atoms with Gasteiger partial charge in [0.15, 0.2) is 0 Å². The molecular weight excluding hydrogens is 342 g/mol. The average molecular weight is 363 g/mol. The van der Waals surface area contributed by atoms with Gasteiger partial charge in [0.1, 0.15) is 0 Å². The first-order valence-corrected chi connectivity index (χ1v) is 9.19. The lowest BCUT2D eigenvalue weighted by Crippen LogP contribution is -2.46. The van der Waals surface area contributed by atoms with Gasteiger partial charge in [-0.25, -0.2) is 0 Å². The van der Waals surface area contributed by atoms with E-state index in [9.17, 15) is 14.4 Å². The Morgan fingerprint density at radius 2 is 1.63 bits per heavy atom. The van der Waals surface area contributed by atoms with Crippen LogP contribution < -0.4 is 5.32 Å². The number of imide groups is 1. The Hall–Kier alpha value is -2.99. The van der Waals surface area contributed by atoms with Gasteiger partial charge in [-0.2, -0.15) is 0 Å². The molecule has 0 bridgehead atoms. The van der Waals surface area contributed by atoms with E-state index in [0.717, 1.165) is 18.7 Å². The number of carbonyl (C=O) groups excluding carboxylic acids is 3. The van der Waals surface area contributed by atoms with Gasteiger partial charge in [-0.1, -0.05) is 30.3 Å². The third-order valence-corrected chi connectivity index (χ3v) is 5.09. The number of nitrogens with one attached hydrogen (secondary N) is 1. The number of benzene rings is 2. The van der Waals surface area contributed by atoms with Crippen molar-refractivity contribution in [3.8, 4) is 0 Å². The van der Waals surface area contributed by atoms with Gasteiger partial charge in [0.25, 0.3) is 17.7 Å². The largest absolute Gasteiger partial charge is 0.336 e. The molecule has 0 aromatic heterocycles. The van der Waals surface area contributed by atoms with Crippen LogP contribution in [0.1, 0.15) is 36.6 Å². The van der Waals surface area contributed by atoms with Gasteiger partial charge in [-0.05, 0) is 30.2 Å². The number of hydrogen-bond donors (Lipinski definition) is 1. The quantitative estimate of drug-likeness (QED) is 0.838. The molecule has 4 rings (SSSR count). The number of carbonyl (C=O) groups is 3. The van der Waals surface area contributed by atoms with Crippen LogP contribution in [0.5, 0.6) is 0 Å². The van der Waals surface area contributed by atoms with E-state index in [1.807, 2.05) is 30.3 Å². The van der Waals surface area contributed by atoms with Gasteiger partial charge < -0.3 is 10.2 Å². The van der Waals surface area contributed by atoms with E-state index in [2.05, 4.69) is 5.32 Å². The smallest absolute Gasteiger partial charge is 0.261 e. The van der Waals surface area contributed by atoms with Crippen molar-refractivity contribution in [1.82, 2.24) is 15.1 Å². The normalized spacial score (nSPS) is 16.6. The van der Waals surface area contributed by atoms with Crippen molar-refractivity contribution in [3.05, 3.63) is 70.8 Å². The van der Waals surface area contributed by atoms with E-state index < -0.39 is 0 Å². The van der Waals surface area contributed by atoms with Crippen molar-refractivity contribution in [1.29, 1.82) is 0 Å². The molecule has 0 aliphatic carbocycles. The fraction of sp³-hybridized carbons (Fsp3) is 0.286. The van der Waals surface area contributed by atoms with Crippen LogP contribution in [0.3, 0.4) is 0 Å². The lowest BCUT2D eigenvalue weighted by atomic mass is 10.0. The first-order valence-electron chi connectivity index (χ1n) is 9.19. The lowest BCUT2D eigenvalue weighted by molar-refractivity contribution is 0.0655. The fourth-order valence-electron chi connectivity index (χ4n) is 3.56. The number of piperazine rings is 1. The second-order valence-corrected chi connectivity index (χ2v) is 6.80. The van der Waals surface area contributed by atoms with Gasteiger partial charge in [0.05, 0.1) is 11.1 Å². The number of hydrogen-bond acceptors (Lipinski definition) is 4. The molecule has 1 N–H and O–H groups in total. The molecule has 6 nitrogen and oxygen atoms in total. The summed E-state index contributed by atoms with van der Waals surface area (Å²) in [4.78, 5) is 41.1. The molecule has 0 spiro atoms. The van der Waals surface area contributed by atoms with Crippen molar-refractivity contribution >= 4 is 17.7 Å². The second kappa shape index (κ2) is 7.32. The summed E-state index contributed by atoms with van der Waals surface area (Å²) in [6, 6.07) is 14.6. The molecule has 138 valence electrons. The van der Waals surface area contributed by atoms with Gasteiger partial charge in [0.2, 0.25) is 0 Å². The molecule has 2 heterocycles. The zero-order valence-electron chi connectivity index (χ0n) is 15.0. The molecule has 2 aromatic carbocycles. The summed E-state index contributed by atoms with van der Waals surface area (Å²) in [5.41, 5.74) is 2.24. The SMILES string of the molecule is O=C(c1ccc2c(c1)C(=O)N(CCc1ccccc1)C2=O)N1CCNCC1. The van der Waals surface area contributed by atoms with Gasteiger partial charge in [-0.3, -0.25) is 19.3 Å². The predicted octanol–water partition coefficient (Wildman–Crippen LogP) is 1.57. The highest BCUT2D eigenvalue weighted by molar-refractivity contribution is 6.22. The number of nitrogens with zero attached hydrogens (tertiary/aromatic N) is 2. The Bertz CT molecular complexity index is 889. The van der Waals surface area contributed by atoms with E-state index in [4.69, 9.17) is 0 Å². The minimum absolute atomic E-state index is 0.0951. The lowest BCUT2D eigenvalue weighted by Gasteiger charge is -2.27. The molecule has 2 aliphatic rings. The summed E-state index contributed by atoms with van der Waals surface area (Å²) < 4.78 is 0. The van der Waals surface area contributed by atoms with Gasteiger partial charge in [-0.15, -0.1) is 0 Å². The molecule has 1 fully saturated rings. The number of fused-ring (bicyclic) bond motifs is 1. The van der Waals surface area contributed by atoms with Crippen LogP contribution in [0.25, 0.3) is 0 Å². The van der Waals surface area contributed by atoms with Crippen molar-refractivity contribution in [2.24, 2.45) is 0 Å². The Labute approximate surface area is 157 Å². The first kappa shape index (κ1) is 17.4. The van der Waals surface area contributed by atoms with E-state index in [1.165, 1.54) is 4.90 Å². The molecule has 1 saturated heterocycles. The molecule has 0 unspecified atom stereocenters. The van der Waals surface area contributed by atoms with Crippen LogP contribution in [-0.4, -0.2) is 60.2 Å². The number of rotatable bonds is 4. The summed E-state index contributed by atoms with van der Waals surface area (Å²) in [5.74, 6) is -0.699. The van der Waals surface area contributed by atoms with Crippen molar-refractivity contribution in [2.45, 2.75) is 6.42 Å². The fourth-order valence-corrected chi connectivity index (χ4v) is 3.56. The van der Waals surface area contributed by atoms with Crippen LogP contribution in [0.15, 0.2) is 48.5 Å². The second-order valence-electron chi connectivity index (χ2n) is 6.80. The Morgan fingerprint density at radius 1 is 0.926 bits per heavy atom. The van der Waals surface area contributed by atoms with Crippen molar-refractivity contribution in [3.63, 3.8) is 0 Å². The van der Waals surface area contributed by atoms with E-state index in [1.54, 1.807) is 23.1 Å². The molecule has 27 heavy (non-hydrogen) atoms. The Morgan fingerprint density at radius 3 is 2.37 bits per heavy atom. The van der Waals surface area contributed by atoms with Gasteiger partial charge in [0, 0.05) is 38.3 Å². The highest BCUT2D eigenvalue weighted by Gasteiger charge is 2.36. The first-order chi connectivity index (χ1) is 13.1. The molecule has 6 heteroatoms. The van der Waals surface area contributed by atoms with Crippen LogP contribution in [0.2, 0.25) is 0 Å². The average Bonchev–Trinajstić information content (AvgIpc) is 2.97. The minimum atomic E-state index is -0.319.